The summed E-state index contributed by atoms with van der Waals surface area (Å²) in [7, 11) is 1.67. The highest BCUT2D eigenvalue weighted by molar-refractivity contribution is 5.92. The summed E-state index contributed by atoms with van der Waals surface area (Å²) < 4.78 is 6.32. The Kier molecular flexibility index (Phi) is 7.17. The molecule has 10 heteroatoms. The van der Waals surface area contributed by atoms with E-state index in [0.29, 0.717) is 38.4 Å². The number of aliphatic hydroxyl groups is 3. The van der Waals surface area contributed by atoms with Crippen LogP contribution in [0.5, 0.6) is 0 Å². The number of nitrogens with two attached hydrogens (primary N) is 1. The molecule has 0 aromatic rings. The third-order valence-electron chi connectivity index (χ3n) is 11.8. The van der Waals surface area contributed by atoms with Gasteiger partial charge in [0.25, 0.3) is 0 Å². The first-order valence-corrected chi connectivity index (χ1v) is 15.3. The zero-order chi connectivity index (χ0) is 29.2. The lowest BCUT2D eigenvalue weighted by atomic mass is 9.37. The van der Waals surface area contributed by atoms with Gasteiger partial charge in [0.1, 0.15) is 5.60 Å². The molecular formula is C31H46N4O6. The van der Waals surface area contributed by atoms with Crippen LogP contribution in [0.15, 0.2) is 40.6 Å². The highest BCUT2D eigenvalue weighted by Crippen LogP contribution is 2.82. The van der Waals surface area contributed by atoms with Gasteiger partial charge in [-0.25, -0.2) is 4.79 Å². The normalized spacial score (nSPS) is 44.8. The predicted octanol–water partition coefficient (Wildman–Crippen LogP) is 1.38. The van der Waals surface area contributed by atoms with E-state index in [1.54, 1.807) is 7.05 Å². The van der Waals surface area contributed by atoms with Crippen LogP contribution in [-0.4, -0.2) is 95.0 Å². The third-order valence-corrected chi connectivity index (χ3v) is 11.8. The second-order valence-electron chi connectivity index (χ2n) is 13.4. The average Bonchev–Trinajstić information content (AvgIpc) is 3.29. The van der Waals surface area contributed by atoms with Gasteiger partial charge in [0.2, 0.25) is 0 Å². The number of carboxylic acids is 1. The zero-order valence-electron chi connectivity index (χ0n) is 24.3. The van der Waals surface area contributed by atoms with Crippen molar-refractivity contribution < 1.29 is 30.0 Å². The molecule has 3 fully saturated rings. The molecule has 2 bridgehead atoms. The number of nitrogens with zero attached hydrogens (tertiary/aromatic N) is 2. The van der Waals surface area contributed by atoms with Gasteiger partial charge in [0.15, 0.2) is 5.96 Å². The topological polar surface area (TPSA) is 161 Å². The highest BCUT2D eigenvalue weighted by Gasteiger charge is 2.82. The minimum Gasteiger partial charge on any atom is -0.478 e. The number of aliphatic carboxylic acids is 1. The number of carboxylic acid groups (broad SMARTS) is 1. The van der Waals surface area contributed by atoms with Crippen LogP contribution in [0.3, 0.4) is 0 Å². The average molecular weight is 571 g/mol. The first-order valence-electron chi connectivity index (χ1n) is 15.3. The van der Waals surface area contributed by atoms with E-state index in [0.717, 1.165) is 37.7 Å². The van der Waals surface area contributed by atoms with E-state index in [-0.39, 0.29) is 36.7 Å². The maximum absolute atomic E-state index is 13.2. The number of hydrogen-bond acceptors (Lipinski definition) is 7. The molecular weight excluding hydrogens is 524 g/mol. The molecule has 9 atom stereocenters. The van der Waals surface area contributed by atoms with Gasteiger partial charge >= 0.3 is 5.97 Å². The summed E-state index contributed by atoms with van der Waals surface area (Å²) >= 11 is 0. The van der Waals surface area contributed by atoms with Crippen molar-refractivity contribution in [1.29, 1.82) is 0 Å². The van der Waals surface area contributed by atoms with Gasteiger partial charge in [-0.1, -0.05) is 25.2 Å². The molecule has 6 rings (SSSR count). The Bertz CT molecular complexity index is 1200. The van der Waals surface area contributed by atoms with Gasteiger partial charge in [0, 0.05) is 55.0 Å². The summed E-state index contributed by atoms with van der Waals surface area (Å²) in [6.07, 6.45) is 13.2. The molecule has 1 aliphatic heterocycles. The smallest absolute Gasteiger partial charge is 0.334 e. The largest absolute Gasteiger partial charge is 0.478 e. The Morgan fingerprint density at radius 2 is 2.07 bits per heavy atom. The predicted molar refractivity (Wildman–Crippen MR) is 154 cm³/mol. The van der Waals surface area contributed by atoms with E-state index in [2.05, 4.69) is 35.5 Å². The Morgan fingerprint density at radius 3 is 2.78 bits per heavy atom. The van der Waals surface area contributed by atoms with Gasteiger partial charge in [0.05, 0.1) is 31.0 Å². The number of guanidine groups is 1. The van der Waals surface area contributed by atoms with Crippen LogP contribution in [-0.2, 0) is 9.53 Å². The summed E-state index contributed by atoms with van der Waals surface area (Å²) in [5.41, 5.74) is 4.12. The van der Waals surface area contributed by atoms with Crippen LogP contribution in [0.25, 0.3) is 0 Å². The first-order chi connectivity index (χ1) is 19.6. The number of ether oxygens (including phenoxy) is 1. The van der Waals surface area contributed by atoms with Crippen LogP contribution in [0, 0.1) is 34.0 Å². The number of rotatable bonds is 8. The van der Waals surface area contributed by atoms with Crippen molar-refractivity contribution in [3.8, 4) is 0 Å². The van der Waals surface area contributed by atoms with Crippen molar-refractivity contribution >= 4 is 11.9 Å². The summed E-state index contributed by atoms with van der Waals surface area (Å²) in [4.78, 5) is 19.5. The number of allylic oxidation sites excluding steroid dienone is 1. The quantitative estimate of drug-likeness (QED) is 0.110. The second kappa shape index (κ2) is 10.2. The standard InChI is InChI=1S/C31H46N4O6/c1-19-6-7-20-14-23-25(26(38)39)29(40,18-41-22-5-3-4-21(37)15-22)24-8-9-28(16-34-11-13-36)10-12-35(27(32)33-2)17-30(20,28)31(19,23)24/h8-10,12,19-22,24,34,36-37,40H,3-7,11,13-18H2,1-2H3,(H2,32,33)(H,38,39). The molecule has 10 nitrogen and oxygen atoms in total. The van der Waals surface area contributed by atoms with Gasteiger partial charge < -0.3 is 41.1 Å². The molecule has 0 radical (unpaired) electrons. The fourth-order valence-corrected chi connectivity index (χ4v) is 10.4. The van der Waals surface area contributed by atoms with Crippen molar-refractivity contribution in [3.63, 3.8) is 0 Å². The molecule has 41 heavy (non-hydrogen) atoms. The maximum atomic E-state index is 13.2. The number of aliphatic imine (C=N–C) groups is 1. The Labute approximate surface area is 242 Å². The van der Waals surface area contributed by atoms with E-state index in [9.17, 15) is 25.2 Å². The molecule has 7 N–H and O–H groups in total. The molecule has 0 saturated heterocycles. The molecule has 1 heterocycles. The van der Waals surface area contributed by atoms with Gasteiger partial charge in [-0.15, -0.1) is 0 Å². The Hall–Kier alpha value is -2.24. The molecule has 9 unspecified atom stereocenters. The van der Waals surface area contributed by atoms with Crippen LogP contribution in [0.4, 0.5) is 0 Å². The van der Waals surface area contributed by atoms with Crippen molar-refractivity contribution in [1.82, 2.24) is 10.2 Å². The molecule has 226 valence electrons. The molecule has 0 aromatic carbocycles. The lowest BCUT2D eigenvalue weighted by Gasteiger charge is -2.68. The summed E-state index contributed by atoms with van der Waals surface area (Å²) in [5.74, 6) is -0.865. The second-order valence-corrected chi connectivity index (χ2v) is 13.4. The van der Waals surface area contributed by atoms with Crippen molar-refractivity contribution in [3.05, 3.63) is 35.6 Å². The van der Waals surface area contributed by atoms with Gasteiger partial charge in [-0.05, 0) is 62.4 Å². The molecule has 3 saturated carbocycles. The van der Waals surface area contributed by atoms with Crippen molar-refractivity contribution in [2.45, 2.75) is 69.7 Å². The minimum atomic E-state index is -1.70. The Balaban J connectivity index is 1.53. The van der Waals surface area contributed by atoms with Crippen LogP contribution < -0.4 is 11.1 Å². The number of aliphatic hydroxyl groups excluding tert-OH is 2. The molecule has 0 amide bonds. The van der Waals surface area contributed by atoms with E-state index in [1.807, 2.05) is 11.1 Å². The van der Waals surface area contributed by atoms with Crippen molar-refractivity contribution in [2.24, 2.45) is 44.7 Å². The molecule has 2 spiro atoms. The monoisotopic (exact) mass is 570 g/mol. The lowest BCUT2D eigenvalue weighted by molar-refractivity contribution is -0.180. The summed E-state index contributed by atoms with van der Waals surface area (Å²) in [6, 6.07) is 0. The summed E-state index contributed by atoms with van der Waals surface area (Å²) in [6.45, 7) is 3.73. The fraction of sp³-hybridized carbons (Fsp3) is 0.742. The van der Waals surface area contributed by atoms with Crippen LogP contribution in [0.2, 0.25) is 0 Å². The first kappa shape index (κ1) is 28.9. The molecule has 5 aliphatic carbocycles. The van der Waals surface area contributed by atoms with E-state index in [4.69, 9.17) is 10.5 Å². The number of carbonyl (C=O) groups is 1. The number of nitrogens with one attached hydrogen (secondary N) is 1. The van der Waals surface area contributed by atoms with Crippen LogP contribution >= 0.6 is 0 Å². The lowest BCUT2D eigenvalue weighted by Crippen LogP contribution is -2.70. The Morgan fingerprint density at radius 1 is 1.27 bits per heavy atom. The minimum absolute atomic E-state index is 0.0208. The van der Waals surface area contributed by atoms with Crippen LogP contribution in [0.1, 0.15) is 51.9 Å². The van der Waals surface area contributed by atoms with Crippen molar-refractivity contribution in [2.75, 3.05) is 39.9 Å². The van der Waals surface area contributed by atoms with Gasteiger partial charge in [-0.3, -0.25) is 4.99 Å². The van der Waals surface area contributed by atoms with Gasteiger partial charge in [-0.2, -0.15) is 0 Å². The number of hydrogen-bond donors (Lipinski definition) is 6. The zero-order valence-corrected chi connectivity index (χ0v) is 24.3. The van der Waals surface area contributed by atoms with E-state index >= 15 is 0 Å². The fourth-order valence-electron chi connectivity index (χ4n) is 10.4. The molecule has 6 aliphatic rings. The van der Waals surface area contributed by atoms with E-state index < -0.39 is 39.8 Å². The third kappa shape index (κ3) is 3.73. The maximum Gasteiger partial charge on any atom is 0.334 e. The highest BCUT2D eigenvalue weighted by atomic mass is 16.5. The summed E-state index contributed by atoms with van der Waals surface area (Å²) in [5, 5.41) is 46.7. The van der Waals surface area contributed by atoms with E-state index in [1.165, 1.54) is 0 Å². The molecule has 0 aromatic heterocycles. The SMILES string of the molecule is CN=C(N)N1C=CC2(CNCCO)C=CC3C(O)(COC4CCCC(O)C4)C(C(=O)O)=C4CC5CCC(C)C43C52C1.